The van der Waals surface area contributed by atoms with E-state index in [1.165, 1.54) is 0 Å². The van der Waals surface area contributed by atoms with Gasteiger partial charge in [-0.3, -0.25) is 4.79 Å². The Bertz CT molecular complexity index is 962. The van der Waals surface area contributed by atoms with Crippen molar-refractivity contribution in [2.75, 3.05) is 23.5 Å². The summed E-state index contributed by atoms with van der Waals surface area (Å²) in [6, 6.07) is 11.7. The van der Waals surface area contributed by atoms with Gasteiger partial charge in [0.15, 0.2) is 0 Å². The van der Waals surface area contributed by atoms with Crippen molar-refractivity contribution in [2.45, 2.75) is 18.9 Å². The highest BCUT2D eigenvalue weighted by Gasteiger charge is 2.30. The van der Waals surface area contributed by atoms with Crippen molar-refractivity contribution in [1.82, 2.24) is 0 Å². The van der Waals surface area contributed by atoms with Crippen LogP contribution in [0.2, 0.25) is 5.02 Å². The summed E-state index contributed by atoms with van der Waals surface area (Å²) in [6.45, 7) is 0.483. The van der Waals surface area contributed by atoms with Crippen LogP contribution < -0.4 is 15.4 Å². The molecular weight excluding hydrogens is 388 g/mol. The van der Waals surface area contributed by atoms with Crippen LogP contribution in [0.25, 0.3) is 0 Å². The molecule has 144 valence electrons. The number of benzene rings is 2. The minimum atomic E-state index is -3.16. The number of fused-ring (bicyclic) bond motifs is 1. The molecule has 0 aliphatic carbocycles. The second kappa shape index (κ2) is 7.88. The molecule has 1 heterocycles. The smallest absolute Gasteiger partial charge is 0.243 e. The molecule has 2 aromatic carbocycles. The highest BCUT2D eigenvalue weighted by molar-refractivity contribution is 7.90. The Morgan fingerprint density at radius 3 is 2.74 bits per heavy atom. The first kappa shape index (κ1) is 19.7. The van der Waals surface area contributed by atoms with Crippen molar-refractivity contribution in [1.29, 1.82) is 0 Å². The molecule has 0 spiro atoms. The van der Waals surface area contributed by atoms with Gasteiger partial charge in [0.05, 0.1) is 17.5 Å². The van der Waals surface area contributed by atoms with Crippen LogP contribution in [-0.2, 0) is 21.1 Å². The van der Waals surface area contributed by atoms with E-state index in [4.69, 9.17) is 22.1 Å². The second-order valence-corrected chi connectivity index (χ2v) is 9.27. The number of hydrogen-bond donors (Lipinski definition) is 1. The van der Waals surface area contributed by atoms with Gasteiger partial charge in [-0.15, -0.1) is 0 Å². The standard InChI is InChI=1S/C19H21ClN2O4S/c1-27(24,25)11-9-16(21)19(23)22-10-8-15-17(22)6-3-7-18(15)26-14-5-2-4-13(20)12-14/h2-7,12,16H,8-11,21H2,1H3/t16-/m1/s1. The molecule has 8 heteroatoms. The van der Waals surface area contributed by atoms with E-state index in [2.05, 4.69) is 0 Å². The van der Waals surface area contributed by atoms with Gasteiger partial charge in [-0.2, -0.15) is 0 Å². The normalized spacial score (nSPS) is 14.7. The van der Waals surface area contributed by atoms with Gasteiger partial charge in [0.1, 0.15) is 21.3 Å². The van der Waals surface area contributed by atoms with E-state index < -0.39 is 15.9 Å². The lowest BCUT2D eigenvalue weighted by molar-refractivity contribution is -0.119. The maximum Gasteiger partial charge on any atom is 0.243 e. The van der Waals surface area contributed by atoms with Gasteiger partial charge >= 0.3 is 0 Å². The SMILES string of the molecule is CS(=O)(=O)CC[C@@H](N)C(=O)N1CCc2c(Oc3cccc(Cl)c3)cccc21. The van der Waals surface area contributed by atoms with Crippen LogP contribution in [-0.4, -0.2) is 38.9 Å². The Morgan fingerprint density at radius 1 is 1.30 bits per heavy atom. The number of ether oxygens (including phenoxy) is 1. The number of nitrogens with two attached hydrogens (primary N) is 1. The fourth-order valence-corrected chi connectivity index (χ4v) is 3.91. The van der Waals surface area contributed by atoms with Crippen molar-refractivity contribution >= 4 is 33.0 Å². The molecule has 0 unspecified atom stereocenters. The summed E-state index contributed by atoms with van der Waals surface area (Å²) < 4.78 is 28.6. The van der Waals surface area contributed by atoms with E-state index in [1.54, 1.807) is 23.1 Å². The summed E-state index contributed by atoms with van der Waals surface area (Å²) in [4.78, 5) is 14.3. The third kappa shape index (κ3) is 4.80. The van der Waals surface area contributed by atoms with Gasteiger partial charge in [-0.05, 0) is 43.2 Å². The molecule has 0 aromatic heterocycles. The summed E-state index contributed by atoms with van der Waals surface area (Å²) in [5, 5.41) is 0.578. The molecule has 1 amide bonds. The van der Waals surface area contributed by atoms with Gasteiger partial charge in [0.2, 0.25) is 5.91 Å². The van der Waals surface area contributed by atoms with E-state index >= 15 is 0 Å². The topological polar surface area (TPSA) is 89.7 Å². The first-order chi connectivity index (χ1) is 12.7. The Morgan fingerprint density at radius 2 is 2.04 bits per heavy atom. The monoisotopic (exact) mass is 408 g/mol. The molecule has 6 nitrogen and oxygen atoms in total. The van der Waals surface area contributed by atoms with Crippen LogP contribution in [0, 0.1) is 0 Å². The third-order valence-electron chi connectivity index (χ3n) is 4.39. The summed E-state index contributed by atoms with van der Waals surface area (Å²) in [6.07, 6.45) is 1.87. The van der Waals surface area contributed by atoms with Crippen molar-refractivity contribution in [2.24, 2.45) is 5.73 Å². The minimum Gasteiger partial charge on any atom is -0.457 e. The predicted octanol–water partition coefficient (Wildman–Crippen LogP) is 2.78. The molecule has 0 saturated carbocycles. The largest absolute Gasteiger partial charge is 0.457 e. The predicted molar refractivity (Wildman–Crippen MR) is 106 cm³/mol. The fourth-order valence-electron chi connectivity index (χ4n) is 3.05. The molecule has 0 bridgehead atoms. The molecule has 1 aliphatic rings. The molecule has 2 aromatic rings. The summed E-state index contributed by atoms with van der Waals surface area (Å²) >= 11 is 6.00. The van der Waals surface area contributed by atoms with E-state index in [0.29, 0.717) is 29.5 Å². The molecule has 1 atom stereocenters. The number of halogens is 1. The number of carbonyl (C=O) groups is 1. The Kier molecular flexibility index (Phi) is 5.74. The molecule has 27 heavy (non-hydrogen) atoms. The fraction of sp³-hybridized carbons (Fsp3) is 0.316. The maximum absolute atomic E-state index is 12.7. The number of carbonyl (C=O) groups excluding carboxylic acids is 1. The zero-order valence-electron chi connectivity index (χ0n) is 14.9. The van der Waals surface area contributed by atoms with Gasteiger partial charge in [-0.25, -0.2) is 8.42 Å². The van der Waals surface area contributed by atoms with E-state index in [-0.39, 0.29) is 18.1 Å². The zero-order chi connectivity index (χ0) is 19.6. The summed E-state index contributed by atoms with van der Waals surface area (Å²) in [5.74, 6) is 0.885. The van der Waals surface area contributed by atoms with Gasteiger partial charge < -0.3 is 15.4 Å². The highest BCUT2D eigenvalue weighted by Crippen LogP contribution is 2.37. The molecular formula is C19H21ClN2O4S. The Hall–Kier alpha value is -2.09. The van der Waals surface area contributed by atoms with Crippen LogP contribution in [0.3, 0.4) is 0 Å². The average Bonchev–Trinajstić information content (AvgIpc) is 3.03. The molecule has 2 N–H and O–H groups in total. The number of nitrogens with zero attached hydrogens (tertiary/aromatic N) is 1. The van der Waals surface area contributed by atoms with Crippen LogP contribution in [0.4, 0.5) is 5.69 Å². The van der Waals surface area contributed by atoms with Crippen molar-refractivity contribution in [3.05, 3.63) is 53.1 Å². The zero-order valence-corrected chi connectivity index (χ0v) is 16.5. The summed E-state index contributed by atoms with van der Waals surface area (Å²) in [5.41, 5.74) is 7.60. The van der Waals surface area contributed by atoms with Crippen LogP contribution in [0.15, 0.2) is 42.5 Å². The van der Waals surface area contributed by atoms with Crippen LogP contribution in [0.5, 0.6) is 11.5 Å². The lowest BCUT2D eigenvalue weighted by Crippen LogP contribution is -2.44. The van der Waals surface area contributed by atoms with Gasteiger partial charge in [-0.1, -0.05) is 23.7 Å². The van der Waals surface area contributed by atoms with Gasteiger partial charge in [0.25, 0.3) is 0 Å². The number of amides is 1. The van der Waals surface area contributed by atoms with E-state index in [9.17, 15) is 13.2 Å². The van der Waals surface area contributed by atoms with Crippen molar-refractivity contribution in [3.63, 3.8) is 0 Å². The molecule has 0 radical (unpaired) electrons. The Labute approximate surface area is 163 Å². The van der Waals surface area contributed by atoms with Crippen LogP contribution >= 0.6 is 11.6 Å². The van der Waals surface area contributed by atoms with Crippen molar-refractivity contribution < 1.29 is 17.9 Å². The molecule has 0 saturated heterocycles. The quantitative estimate of drug-likeness (QED) is 0.793. The lowest BCUT2D eigenvalue weighted by Gasteiger charge is -2.21. The minimum absolute atomic E-state index is 0.0994. The van der Waals surface area contributed by atoms with Crippen LogP contribution in [0.1, 0.15) is 12.0 Å². The lowest BCUT2D eigenvalue weighted by atomic mass is 10.1. The Balaban J connectivity index is 1.78. The molecule has 0 fully saturated rings. The highest BCUT2D eigenvalue weighted by atomic mass is 35.5. The first-order valence-electron chi connectivity index (χ1n) is 8.54. The first-order valence-corrected chi connectivity index (χ1v) is 11.0. The second-order valence-electron chi connectivity index (χ2n) is 6.58. The maximum atomic E-state index is 12.7. The van der Waals surface area contributed by atoms with E-state index in [0.717, 1.165) is 17.5 Å². The third-order valence-corrected chi connectivity index (χ3v) is 5.60. The molecule has 1 aliphatic heterocycles. The molecule has 3 rings (SSSR count). The number of sulfone groups is 1. The number of anilines is 1. The summed E-state index contributed by atoms with van der Waals surface area (Å²) in [7, 11) is -3.16. The average molecular weight is 409 g/mol. The van der Waals surface area contributed by atoms with Crippen molar-refractivity contribution in [3.8, 4) is 11.5 Å². The van der Waals surface area contributed by atoms with E-state index in [1.807, 2.05) is 24.3 Å². The van der Waals surface area contributed by atoms with Gasteiger partial charge in [0, 0.05) is 23.4 Å². The number of hydrogen-bond acceptors (Lipinski definition) is 5. The number of rotatable bonds is 6.